The number of aliphatic imine (C=N–C) groups is 1. The van der Waals surface area contributed by atoms with Crippen molar-refractivity contribution in [1.82, 2.24) is 0 Å². The largest absolute Gasteiger partial charge is 0.257 e. The average Bonchev–Trinajstić information content (AvgIpc) is 3.33. The predicted octanol–water partition coefficient (Wildman–Crippen LogP) is 5.18. The van der Waals surface area contributed by atoms with Crippen molar-refractivity contribution in [3.05, 3.63) is 89.9 Å². The second kappa shape index (κ2) is 5.92. The lowest BCUT2D eigenvalue weighted by Crippen LogP contribution is -1.93. The molecule has 1 aliphatic rings. The van der Waals surface area contributed by atoms with E-state index in [1.807, 2.05) is 26.0 Å². The van der Waals surface area contributed by atoms with E-state index in [0.717, 1.165) is 17.0 Å². The molecule has 0 saturated carbocycles. The molecule has 21 heavy (non-hydrogen) atoms. The summed E-state index contributed by atoms with van der Waals surface area (Å²) in [6.07, 6.45) is 4.29. The van der Waals surface area contributed by atoms with Gasteiger partial charge in [-0.1, -0.05) is 66.7 Å². The van der Waals surface area contributed by atoms with Gasteiger partial charge in [0.05, 0.1) is 5.70 Å². The minimum Gasteiger partial charge on any atom is -0.257 e. The summed E-state index contributed by atoms with van der Waals surface area (Å²) in [7, 11) is 0. The first-order valence-electron chi connectivity index (χ1n) is 7.18. The SMILES string of the molecule is CC(C)=N/C(=C(\C1=C[CH]1)c1ccccc1)c1ccccc1. The Labute approximate surface area is 126 Å². The number of hydrogen-bond acceptors (Lipinski definition) is 1. The fourth-order valence-electron chi connectivity index (χ4n) is 2.34. The van der Waals surface area contributed by atoms with Gasteiger partial charge >= 0.3 is 0 Å². The molecular formula is C20H18N. The maximum absolute atomic E-state index is 4.82. The Bertz CT molecular complexity index is 715. The first kappa shape index (κ1) is 13.6. The van der Waals surface area contributed by atoms with Gasteiger partial charge in [-0.25, -0.2) is 0 Å². The van der Waals surface area contributed by atoms with Gasteiger partial charge in [0.1, 0.15) is 0 Å². The average molecular weight is 272 g/mol. The van der Waals surface area contributed by atoms with Gasteiger partial charge in [-0.3, -0.25) is 4.99 Å². The molecule has 0 N–H and O–H groups in total. The van der Waals surface area contributed by atoms with E-state index in [9.17, 15) is 0 Å². The van der Waals surface area contributed by atoms with Crippen LogP contribution in [0.15, 0.2) is 77.3 Å². The van der Waals surface area contributed by atoms with Gasteiger partial charge in [0.25, 0.3) is 0 Å². The van der Waals surface area contributed by atoms with E-state index in [1.165, 1.54) is 16.7 Å². The van der Waals surface area contributed by atoms with E-state index in [-0.39, 0.29) is 0 Å². The minimum absolute atomic E-state index is 1.04. The summed E-state index contributed by atoms with van der Waals surface area (Å²) in [4.78, 5) is 4.82. The van der Waals surface area contributed by atoms with Crippen LogP contribution >= 0.6 is 0 Å². The highest BCUT2D eigenvalue weighted by atomic mass is 14.8. The summed E-state index contributed by atoms with van der Waals surface area (Å²) >= 11 is 0. The molecule has 1 radical (unpaired) electrons. The summed E-state index contributed by atoms with van der Waals surface area (Å²) < 4.78 is 0. The number of benzene rings is 2. The lowest BCUT2D eigenvalue weighted by Gasteiger charge is -2.11. The van der Waals surface area contributed by atoms with Crippen LogP contribution in [0.2, 0.25) is 0 Å². The van der Waals surface area contributed by atoms with Crippen LogP contribution in [-0.2, 0) is 0 Å². The first-order valence-corrected chi connectivity index (χ1v) is 7.18. The van der Waals surface area contributed by atoms with Crippen LogP contribution in [0.1, 0.15) is 25.0 Å². The molecular weight excluding hydrogens is 254 g/mol. The third-order valence-electron chi connectivity index (χ3n) is 3.30. The minimum atomic E-state index is 1.04. The molecule has 0 aromatic heterocycles. The Morgan fingerprint density at radius 3 is 1.76 bits per heavy atom. The van der Waals surface area contributed by atoms with E-state index in [2.05, 4.69) is 61.0 Å². The fraction of sp³-hybridized carbons (Fsp3) is 0.100. The Kier molecular flexibility index (Phi) is 3.83. The molecule has 0 bridgehead atoms. The molecule has 1 aliphatic carbocycles. The third kappa shape index (κ3) is 3.19. The predicted molar refractivity (Wildman–Crippen MR) is 90.9 cm³/mol. The summed E-state index contributed by atoms with van der Waals surface area (Å²) in [5, 5.41) is 0. The zero-order valence-electron chi connectivity index (χ0n) is 12.4. The second-order valence-corrected chi connectivity index (χ2v) is 5.30. The second-order valence-electron chi connectivity index (χ2n) is 5.30. The lowest BCUT2D eigenvalue weighted by molar-refractivity contribution is 1.46. The van der Waals surface area contributed by atoms with Crippen molar-refractivity contribution in [2.75, 3.05) is 0 Å². The molecule has 1 nitrogen and oxygen atoms in total. The molecule has 0 heterocycles. The van der Waals surface area contributed by atoms with Gasteiger partial charge in [-0.15, -0.1) is 0 Å². The van der Waals surface area contributed by atoms with Crippen molar-refractivity contribution < 1.29 is 0 Å². The van der Waals surface area contributed by atoms with Crippen LogP contribution in [0.4, 0.5) is 0 Å². The monoisotopic (exact) mass is 272 g/mol. The molecule has 0 saturated heterocycles. The van der Waals surface area contributed by atoms with Gasteiger partial charge in [0.15, 0.2) is 0 Å². The lowest BCUT2D eigenvalue weighted by atomic mass is 9.97. The molecule has 0 aliphatic heterocycles. The van der Waals surface area contributed by atoms with E-state index in [0.29, 0.717) is 0 Å². The molecule has 0 atom stereocenters. The highest BCUT2D eigenvalue weighted by Gasteiger charge is 2.20. The fourth-order valence-corrected chi connectivity index (χ4v) is 2.34. The summed E-state index contributed by atoms with van der Waals surface area (Å²) in [5.74, 6) is 0. The molecule has 0 amide bonds. The Hall–Kier alpha value is -2.41. The van der Waals surface area contributed by atoms with Crippen molar-refractivity contribution in [2.24, 2.45) is 4.99 Å². The van der Waals surface area contributed by atoms with Gasteiger partial charge in [-0.2, -0.15) is 0 Å². The van der Waals surface area contributed by atoms with Gasteiger partial charge in [0, 0.05) is 23.3 Å². The molecule has 0 spiro atoms. The standard InChI is InChI=1S/C20H18N/c1-15(2)21-20(18-11-7-4-8-12-18)19(17-13-14-17)16-9-5-3-6-10-16/h3-14H,1-2H3/b20-19-. The molecule has 103 valence electrons. The van der Waals surface area contributed by atoms with Crippen LogP contribution < -0.4 is 0 Å². The number of hydrogen-bond donors (Lipinski definition) is 0. The summed E-state index contributed by atoms with van der Waals surface area (Å²) in [6, 6.07) is 20.9. The zero-order chi connectivity index (χ0) is 14.7. The highest BCUT2D eigenvalue weighted by molar-refractivity contribution is 6.04. The molecule has 2 aromatic rings. The summed E-state index contributed by atoms with van der Waals surface area (Å²) in [6.45, 7) is 4.08. The number of rotatable bonds is 4. The summed E-state index contributed by atoms with van der Waals surface area (Å²) in [5.41, 5.74) is 6.94. The van der Waals surface area contributed by atoms with Gasteiger partial charge in [0.2, 0.25) is 0 Å². The van der Waals surface area contributed by atoms with Crippen LogP contribution in [-0.4, -0.2) is 5.71 Å². The van der Waals surface area contributed by atoms with Crippen LogP contribution in [0.5, 0.6) is 0 Å². The third-order valence-corrected chi connectivity index (χ3v) is 3.30. The van der Waals surface area contributed by atoms with Crippen molar-refractivity contribution in [2.45, 2.75) is 13.8 Å². The maximum Gasteiger partial charge on any atom is 0.0782 e. The van der Waals surface area contributed by atoms with E-state index in [4.69, 9.17) is 4.99 Å². The topological polar surface area (TPSA) is 12.4 Å². The van der Waals surface area contributed by atoms with E-state index >= 15 is 0 Å². The highest BCUT2D eigenvalue weighted by Crippen LogP contribution is 2.40. The normalized spacial score (nSPS) is 14.1. The number of allylic oxidation sites excluding steroid dienone is 3. The van der Waals surface area contributed by atoms with Gasteiger partial charge < -0.3 is 0 Å². The van der Waals surface area contributed by atoms with Crippen molar-refractivity contribution >= 4 is 17.0 Å². The number of nitrogens with zero attached hydrogens (tertiary/aromatic N) is 1. The van der Waals surface area contributed by atoms with Crippen molar-refractivity contribution in [1.29, 1.82) is 0 Å². The van der Waals surface area contributed by atoms with E-state index < -0.39 is 0 Å². The van der Waals surface area contributed by atoms with Crippen LogP contribution in [0.25, 0.3) is 11.3 Å². The first-order chi connectivity index (χ1) is 10.3. The van der Waals surface area contributed by atoms with Gasteiger partial charge in [-0.05, 0) is 25.0 Å². The van der Waals surface area contributed by atoms with Crippen molar-refractivity contribution in [3.63, 3.8) is 0 Å². The van der Waals surface area contributed by atoms with E-state index in [1.54, 1.807) is 0 Å². The quantitative estimate of drug-likeness (QED) is 0.537. The Morgan fingerprint density at radius 2 is 1.29 bits per heavy atom. The van der Waals surface area contributed by atoms with Crippen molar-refractivity contribution in [3.8, 4) is 0 Å². The molecule has 1 heteroatoms. The zero-order valence-corrected chi connectivity index (χ0v) is 12.4. The Morgan fingerprint density at radius 1 is 0.762 bits per heavy atom. The van der Waals surface area contributed by atoms with Crippen LogP contribution in [0, 0.1) is 6.42 Å². The molecule has 0 fully saturated rings. The molecule has 2 aromatic carbocycles. The molecule has 0 unspecified atom stereocenters. The van der Waals surface area contributed by atoms with Crippen LogP contribution in [0.3, 0.4) is 0 Å². The Balaban J connectivity index is 2.24. The maximum atomic E-state index is 4.82. The molecule has 3 rings (SSSR count). The smallest absolute Gasteiger partial charge is 0.0782 e.